The minimum absolute atomic E-state index is 0.0164. The van der Waals surface area contributed by atoms with Crippen molar-refractivity contribution < 1.29 is 19.1 Å². The quantitative estimate of drug-likeness (QED) is 0.425. The fraction of sp³-hybridized carbons (Fsp3) is 0.391. The lowest BCUT2D eigenvalue weighted by molar-refractivity contribution is -0.123. The largest absolute Gasteiger partial charge is 0.494 e. The first-order valence-corrected chi connectivity index (χ1v) is 10.7. The molecule has 0 aromatic heterocycles. The maximum atomic E-state index is 12.2. The van der Waals surface area contributed by atoms with Gasteiger partial charge in [0, 0.05) is 5.56 Å². The number of rotatable bonds is 8. The molecule has 0 heterocycles. The van der Waals surface area contributed by atoms with E-state index in [2.05, 4.69) is 54.5 Å². The second-order valence-corrected chi connectivity index (χ2v) is 8.77. The molecule has 162 valence electrons. The molecule has 0 aliphatic heterocycles. The number of halogens is 1. The van der Waals surface area contributed by atoms with E-state index in [1.165, 1.54) is 0 Å². The lowest BCUT2D eigenvalue weighted by atomic mass is 9.87. The standard InChI is InChI=1S/C23H29BrN2O4/c1-5-6-13-29-18-10-7-16(8-11-18)22(28)26-25-21(27)15-30-20-12-9-17(14-19(20)24)23(2,3)4/h7-12,14H,5-6,13,15H2,1-4H3,(H,25,27)(H,26,28). The first-order valence-electron chi connectivity index (χ1n) is 9.95. The third-order valence-electron chi connectivity index (χ3n) is 4.36. The first-order chi connectivity index (χ1) is 14.2. The molecule has 2 N–H and O–H groups in total. The van der Waals surface area contributed by atoms with Gasteiger partial charge < -0.3 is 9.47 Å². The number of hydrogen-bond donors (Lipinski definition) is 2. The molecule has 2 aromatic carbocycles. The fourth-order valence-electron chi connectivity index (χ4n) is 2.50. The molecule has 0 aliphatic carbocycles. The molecule has 0 fully saturated rings. The van der Waals surface area contributed by atoms with Gasteiger partial charge in [-0.05, 0) is 69.7 Å². The Balaban J connectivity index is 1.79. The van der Waals surface area contributed by atoms with Crippen molar-refractivity contribution in [1.29, 1.82) is 0 Å². The van der Waals surface area contributed by atoms with Crippen LogP contribution in [-0.4, -0.2) is 25.0 Å². The lowest BCUT2D eigenvalue weighted by Crippen LogP contribution is -2.43. The number of amides is 2. The van der Waals surface area contributed by atoms with Crippen LogP contribution in [0, 0.1) is 0 Å². The molecule has 0 saturated carbocycles. The van der Waals surface area contributed by atoms with E-state index in [0.717, 1.165) is 22.9 Å². The second-order valence-electron chi connectivity index (χ2n) is 7.91. The van der Waals surface area contributed by atoms with Crippen LogP contribution in [0.3, 0.4) is 0 Å². The summed E-state index contributed by atoms with van der Waals surface area (Å²) in [5.41, 5.74) is 6.32. The van der Waals surface area contributed by atoms with Gasteiger partial charge in [0.15, 0.2) is 6.61 Å². The molecule has 0 spiro atoms. The highest BCUT2D eigenvalue weighted by molar-refractivity contribution is 9.10. The number of carbonyl (C=O) groups is 2. The van der Waals surface area contributed by atoms with Crippen molar-refractivity contribution in [3.8, 4) is 11.5 Å². The van der Waals surface area contributed by atoms with Gasteiger partial charge in [-0.2, -0.15) is 0 Å². The van der Waals surface area contributed by atoms with Crippen molar-refractivity contribution in [1.82, 2.24) is 10.9 Å². The van der Waals surface area contributed by atoms with Gasteiger partial charge in [-0.1, -0.05) is 40.2 Å². The highest BCUT2D eigenvalue weighted by Gasteiger charge is 2.16. The molecule has 0 saturated heterocycles. The highest BCUT2D eigenvalue weighted by Crippen LogP contribution is 2.31. The molecule has 2 aromatic rings. The monoisotopic (exact) mass is 476 g/mol. The van der Waals surface area contributed by atoms with Crippen LogP contribution in [0.1, 0.15) is 56.5 Å². The number of carbonyl (C=O) groups excluding carboxylic acids is 2. The Hall–Kier alpha value is -2.54. The zero-order valence-corrected chi connectivity index (χ0v) is 19.5. The van der Waals surface area contributed by atoms with E-state index in [9.17, 15) is 9.59 Å². The molecule has 2 amide bonds. The molecule has 0 bridgehead atoms. The van der Waals surface area contributed by atoms with Gasteiger partial charge in [0.1, 0.15) is 11.5 Å². The molecule has 0 atom stereocenters. The Morgan fingerprint density at radius 2 is 1.70 bits per heavy atom. The average molecular weight is 477 g/mol. The summed E-state index contributed by atoms with van der Waals surface area (Å²) in [5.74, 6) is 0.387. The van der Waals surface area contributed by atoms with Crippen molar-refractivity contribution in [2.45, 2.75) is 46.0 Å². The number of hydrazine groups is 1. The summed E-state index contributed by atoms with van der Waals surface area (Å²) in [6.45, 7) is 8.89. The van der Waals surface area contributed by atoms with E-state index >= 15 is 0 Å². The number of benzene rings is 2. The van der Waals surface area contributed by atoms with Crippen molar-refractivity contribution in [3.05, 3.63) is 58.1 Å². The van der Waals surface area contributed by atoms with Crippen LogP contribution in [0.2, 0.25) is 0 Å². The van der Waals surface area contributed by atoms with Crippen LogP contribution >= 0.6 is 15.9 Å². The van der Waals surface area contributed by atoms with Crippen molar-refractivity contribution in [2.24, 2.45) is 0 Å². The third-order valence-corrected chi connectivity index (χ3v) is 4.97. The minimum atomic E-state index is -0.463. The van der Waals surface area contributed by atoms with E-state index in [0.29, 0.717) is 23.7 Å². The van der Waals surface area contributed by atoms with Gasteiger partial charge in [0.05, 0.1) is 11.1 Å². The van der Waals surface area contributed by atoms with Gasteiger partial charge in [-0.25, -0.2) is 0 Å². The fourth-order valence-corrected chi connectivity index (χ4v) is 2.99. The Bertz CT molecular complexity index is 860. The van der Waals surface area contributed by atoms with Crippen molar-refractivity contribution in [2.75, 3.05) is 13.2 Å². The van der Waals surface area contributed by atoms with Gasteiger partial charge in [0.25, 0.3) is 11.8 Å². The van der Waals surface area contributed by atoms with E-state index in [1.54, 1.807) is 24.3 Å². The van der Waals surface area contributed by atoms with Gasteiger partial charge in [-0.3, -0.25) is 20.4 Å². The van der Waals surface area contributed by atoms with Gasteiger partial charge in [0.2, 0.25) is 0 Å². The lowest BCUT2D eigenvalue weighted by Gasteiger charge is -2.20. The van der Waals surface area contributed by atoms with E-state index < -0.39 is 11.8 Å². The van der Waals surface area contributed by atoms with Crippen LogP contribution in [-0.2, 0) is 10.2 Å². The smallest absolute Gasteiger partial charge is 0.276 e. The molecular formula is C23H29BrN2O4. The summed E-state index contributed by atoms with van der Waals surface area (Å²) in [6, 6.07) is 12.5. The second kappa shape index (κ2) is 11.0. The van der Waals surface area contributed by atoms with Crippen LogP contribution in [0.15, 0.2) is 46.9 Å². The summed E-state index contributed by atoms with van der Waals surface area (Å²) in [5, 5.41) is 0. The Kier molecular flexibility index (Phi) is 8.72. The first kappa shape index (κ1) is 23.7. The maximum absolute atomic E-state index is 12.2. The number of ether oxygens (including phenoxy) is 2. The summed E-state index contributed by atoms with van der Waals surface area (Å²) in [6.07, 6.45) is 2.04. The topological polar surface area (TPSA) is 76.7 Å². The molecule has 6 nitrogen and oxygen atoms in total. The number of hydrogen-bond acceptors (Lipinski definition) is 4. The highest BCUT2D eigenvalue weighted by atomic mass is 79.9. The van der Waals surface area contributed by atoms with Crippen LogP contribution in [0.25, 0.3) is 0 Å². The summed E-state index contributed by atoms with van der Waals surface area (Å²) >= 11 is 3.47. The zero-order valence-electron chi connectivity index (χ0n) is 17.9. The van der Waals surface area contributed by atoms with E-state index in [1.807, 2.05) is 18.2 Å². The van der Waals surface area contributed by atoms with Gasteiger partial charge >= 0.3 is 0 Å². The molecule has 0 aliphatic rings. The van der Waals surface area contributed by atoms with Crippen LogP contribution in [0.4, 0.5) is 0 Å². The van der Waals surface area contributed by atoms with Crippen LogP contribution < -0.4 is 20.3 Å². The Morgan fingerprint density at radius 3 is 2.30 bits per heavy atom. The molecule has 0 radical (unpaired) electrons. The minimum Gasteiger partial charge on any atom is -0.494 e. The predicted octanol–water partition coefficient (Wildman–Crippen LogP) is 4.77. The van der Waals surface area contributed by atoms with E-state index in [-0.39, 0.29) is 12.0 Å². The number of nitrogens with one attached hydrogen (secondary N) is 2. The maximum Gasteiger partial charge on any atom is 0.276 e. The normalized spacial score (nSPS) is 11.0. The Morgan fingerprint density at radius 1 is 1.00 bits per heavy atom. The Labute approximate surface area is 186 Å². The summed E-state index contributed by atoms with van der Waals surface area (Å²) in [4.78, 5) is 24.2. The third kappa shape index (κ3) is 7.37. The molecular weight excluding hydrogens is 448 g/mol. The average Bonchev–Trinajstić information content (AvgIpc) is 2.71. The van der Waals surface area contributed by atoms with Gasteiger partial charge in [-0.15, -0.1) is 0 Å². The summed E-state index contributed by atoms with van der Waals surface area (Å²) in [7, 11) is 0. The SMILES string of the molecule is CCCCOc1ccc(C(=O)NNC(=O)COc2ccc(C(C)(C)C)cc2Br)cc1. The molecule has 0 unspecified atom stereocenters. The zero-order chi connectivity index (χ0) is 22.1. The molecule has 30 heavy (non-hydrogen) atoms. The number of unbranched alkanes of at least 4 members (excludes halogenated alkanes) is 1. The van der Waals surface area contributed by atoms with Crippen LogP contribution in [0.5, 0.6) is 11.5 Å². The van der Waals surface area contributed by atoms with Crippen molar-refractivity contribution in [3.63, 3.8) is 0 Å². The molecule has 2 rings (SSSR count). The summed E-state index contributed by atoms with van der Waals surface area (Å²) < 4.78 is 11.9. The predicted molar refractivity (Wildman–Crippen MR) is 121 cm³/mol. The van der Waals surface area contributed by atoms with Crippen molar-refractivity contribution >= 4 is 27.7 Å². The molecule has 7 heteroatoms. The van der Waals surface area contributed by atoms with E-state index in [4.69, 9.17) is 9.47 Å².